The molecule has 0 aromatic carbocycles. The van der Waals surface area contributed by atoms with Gasteiger partial charge in [-0.05, 0) is 19.3 Å². The van der Waals surface area contributed by atoms with Gasteiger partial charge in [-0.15, -0.1) is 0 Å². The average Bonchev–Trinajstić information content (AvgIpc) is 1.67. The van der Waals surface area contributed by atoms with Gasteiger partial charge in [0.1, 0.15) is 6.11 Å². The second-order valence-corrected chi connectivity index (χ2v) is 3.54. The maximum atomic E-state index is 8.14. The Kier molecular flexibility index (Phi) is 2.93. The summed E-state index contributed by atoms with van der Waals surface area (Å²) >= 11 is 3.31. The van der Waals surface area contributed by atoms with Crippen LogP contribution in [0.3, 0.4) is 0 Å². The molecule has 0 rings (SSSR count). The van der Waals surface area contributed by atoms with Crippen LogP contribution in [-0.4, -0.2) is 9.43 Å². The third-order valence-electron chi connectivity index (χ3n) is 0.980. The van der Waals surface area contributed by atoms with Crippen molar-refractivity contribution in [2.45, 2.75) is 24.6 Å². The van der Waals surface area contributed by atoms with Gasteiger partial charge < -0.3 is 5.11 Å². The maximum Gasteiger partial charge on any atom is 0.108 e. The van der Waals surface area contributed by atoms with Crippen LogP contribution in [0.15, 0.2) is 0 Å². The number of hydrogen-bond donors (Lipinski definition) is 1. The molecule has 0 fully saturated rings. The molecule has 0 aromatic heterocycles. The van der Waals surface area contributed by atoms with Crippen LogP contribution in [0.25, 0.3) is 0 Å². The topological polar surface area (TPSA) is 20.2 Å². The summed E-state index contributed by atoms with van der Waals surface area (Å²) in [6.07, 6.45) is 2.75. The van der Waals surface area contributed by atoms with Crippen molar-refractivity contribution in [1.82, 2.24) is 0 Å². The fourth-order valence-corrected chi connectivity index (χ4v) is 0.294. The first-order valence-corrected chi connectivity index (χ1v) is 3.27. The van der Waals surface area contributed by atoms with Gasteiger partial charge in [0.2, 0.25) is 0 Å². The van der Waals surface area contributed by atoms with Gasteiger partial charge in [-0.1, -0.05) is 22.9 Å². The van der Waals surface area contributed by atoms with Gasteiger partial charge in [0, 0.05) is 0 Å². The predicted octanol–water partition coefficient (Wildman–Crippen LogP) is 1.88. The molecule has 46 valence electrons. The number of hydrogen-bond acceptors (Lipinski definition) is 1. The van der Waals surface area contributed by atoms with Gasteiger partial charge in [0.25, 0.3) is 0 Å². The zero-order valence-corrected chi connectivity index (χ0v) is 6.62. The van der Waals surface area contributed by atoms with Crippen molar-refractivity contribution >= 4 is 15.9 Å². The highest BCUT2D eigenvalue weighted by Crippen LogP contribution is 2.18. The molecule has 1 nitrogen and oxygen atoms in total. The van der Waals surface area contributed by atoms with Crippen molar-refractivity contribution < 1.29 is 5.11 Å². The molecule has 1 atom stereocenters. The molecule has 0 saturated carbocycles. The highest BCUT2D eigenvalue weighted by atomic mass is 79.9. The van der Waals surface area contributed by atoms with Crippen LogP contribution < -0.4 is 0 Å². The second kappa shape index (κ2) is 2.99. The Hall–Kier alpha value is -0.160. The number of aliphatic hydroxyl groups is 1. The van der Waals surface area contributed by atoms with Gasteiger partial charge in [0.15, 0.2) is 0 Å². The first-order chi connectivity index (χ1) is 3.62. The Balaban J connectivity index is 3.85. The normalized spacial score (nSPS) is 15.9. The van der Waals surface area contributed by atoms with Crippen molar-refractivity contribution in [2.24, 2.45) is 0 Å². The Bertz CT molecular complexity index is 118. The highest BCUT2D eigenvalue weighted by molar-refractivity contribution is 9.10. The van der Waals surface area contributed by atoms with Gasteiger partial charge >= 0.3 is 0 Å². The molecular weight excluding hydrogens is 168 g/mol. The van der Waals surface area contributed by atoms with Gasteiger partial charge in [0.05, 0.1) is 4.32 Å². The lowest BCUT2D eigenvalue weighted by Gasteiger charge is -2.08. The molecule has 1 unspecified atom stereocenters. The van der Waals surface area contributed by atoms with Crippen LogP contribution in [-0.2, 0) is 0 Å². The molecule has 0 saturated heterocycles. The van der Waals surface area contributed by atoms with E-state index in [0.717, 1.165) is 6.42 Å². The van der Waals surface area contributed by atoms with E-state index in [4.69, 9.17) is 5.11 Å². The summed E-state index contributed by atoms with van der Waals surface area (Å²) in [7, 11) is 0. The van der Waals surface area contributed by atoms with E-state index in [1.807, 2.05) is 20.0 Å². The molecule has 0 aliphatic carbocycles. The van der Waals surface area contributed by atoms with Crippen LogP contribution in [0, 0.1) is 12.0 Å². The van der Waals surface area contributed by atoms with Crippen molar-refractivity contribution in [2.75, 3.05) is 0 Å². The van der Waals surface area contributed by atoms with Crippen molar-refractivity contribution in [1.29, 1.82) is 0 Å². The highest BCUT2D eigenvalue weighted by Gasteiger charge is 2.12. The second-order valence-electron chi connectivity index (χ2n) is 1.79. The lowest BCUT2D eigenvalue weighted by atomic mass is 10.1. The van der Waals surface area contributed by atoms with Crippen LogP contribution in [0.5, 0.6) is 0 Å². The molecule has 0 heterocycles. The van der Waals surface area contributed by atoms with Gasteiger partial charge in [-0.25, -0.2) is 0 Å². The minimum absolute atomic E-state index is 0.207. The van der Waals surface area contributed by atoms with Gasteiger partial charge in [-0.3, -0.25) is 0 Å². The zero-order chi connectivity index (χ0) is 6.62. The summed E-state index contributed by atoms with van der Waals surface area (Å²) in [6, 6.07) is 0. The van der Waals surface area contributed by atoms with E-state index in [9.17, 15) is 0 Å². The molecule has 2 heteroatoms. The summed E-state index contributed by atoms with van der Waals surface area (Å²) in [4.78, 5) is 0. The predicted molar refractivity (Wildman–Crippen MR) is 37.3 cm³/mol. The van der Waals surface area contributed by atoms with Crippen LogP contribution in [0.2, 0.25) is 0 Å². The van der Waals surface area contributed by atoms with E-state index in [1.165, 1.54) is 0 Å². The molecule has 8 heavy (non-hydrogen) atoms. The number of aliphatic hydroxyl groups excluding tert-OH is 1. The number of alkyl halides is 1. The van der Waals surface area contributed by atoms with E-state index in [0.29, 0.717) is 0 Å². The molecule has 0 spiro atoms. The summed E-state index contributed by atoms with van der Waals surface area (Å²) < 4.78 is -0.207. The Morgan fingerprint density at radius 2 is 2.25 bits per heavy atom. The third-order valence-corrected chi connectivity index (χ3v) is 1.74. The molecule has 0 radical (unpaired) electrons. The van der Waals surface area contributed by atoms with Crippen LogP contribution in [0.4, 0.5) is 0 Å². The first-order valence-electron chi connectivity index (χ1n) is 2.47. The third kappa shape index (κ3) is 2.92. The fraction of sp³-hybridized carbons (Fsp3) is 0.667. The maximum absolute atomic E-state index is 8.14. The monoisotopic (exact) mass is 176 g/mol. The minimum Gasteiger partial charge on any atom is -0.462 e. The molecular formula is C6H9BrO. The van der Waals surface area contributed by atoms with E-state index >= 15 is 0 Å². The number of halogens is 1. The molecule has 1 N–H and O–H groups in total. The molecule has 0 aliphatic heterocycles. The van der Waals surface area contributed by atoms with E-state index in [1.54, 1.807) is 0 Å². The summed E-state index contributed by atoms with van der Waals surface area (Å²) in [6.45, 7) is 3.91. The fourth-order valence-electron chi connectivity index (χ4n) is 0.205. The molecule has 0 aromatic rings. The van der Waals surface area contributed by atoms with E-state index < -0.39 is 0 Å². The number of rotatable bonds is 1. The van der Waals surface area contributed by atoms with Crippen LogP contribution in [0.1, 0.15) is 20.3 Å². The molecule has 0 amide bonds. The quantitative estimate of drug-likeness (QED) is 0.478. The molecule has 0 bridgehead atoms. The standard InChI is InChI=1S/C6H9BrO/c1-3-6(2,7)4-5-8/h8H,3H2,1-2H3. The largest absolute Gasteiger partial charge is 0.462 e. The Labute approximate surface area is 58.2 Å². The van der Waals surface area contributed by atoms with Crippen LogP contribution >= 0.6 is 15.9 Å². The Morgan fingerprint density at radius 3 is 2.38 bits per heavy atom. The summed E-state index contributed by atoms with van der Waals surface area (Å²) in [5.41, 5.74) is 0. The van der Waals surface area contributed by atoms with Gasteiger partial charge in [-0.2, -0.15) is 0 Å². The lowest BCUT2D eigenvalue weighted by Crippen LogP contribution is -2.09. The zero-order valence-electron chi connectivity index (χ0n) is 5.03. The van der Waals surface area contributed by atoms with Crippen molar-refractivity contribution in [3.8, 4) is 12.0 Å². The first kappa shape index (κ1) is 7.84. The van der Waals surface area contributed by atoms with Crippen molar-refractivity contribution in [3.05, 3.63) is 0 Å². The lowest BCUT2D eigenvalue weighted by molar-refractivity contribution is 0.514. The smallest absolute Gasteiger partial charge is 0.108 e. The minimum atomic E-state index is -0.207. The van der Waals surface area contributed by atoms with E-state index in [-0.39, 0.29) is 4.32 Å². The van der Waals surface area contributed by atoms with E-state index in [2.05, 4.69) is 21.9 Å². The summed E-state index contributed by atoms with van der Waals surface area (Å²) in [5, 5.41) is 8.14. The summed E-state index contributed by atoms with van der Waals surface area (Å²) in [5.74, 6) is 2.59. The SMILES string of the molecule is CCC(C)(Br)C#CO. The van der Waals surface area contributed by atoms with Crippen molar-refractivity contribution in [3.63, 3.8) is 0 Å². The Morgan fingerprint density at radius 1 is 1.75 bits per heavy atom. The average molecular weight is 177 g/mol. The molecule has 0 aliphatic rings.